The molecule has 5 rings (SSSR count). The van der Waals surface area contributed by atoms with Crippen LogP contribution in [-0.4, -0.2) is 27.0 Å². The minimum absolute atomic E-state index is 0.162. The van der Waals surface area contributed by atoms with Crippen molar-refractivity contribution in [3.05, 3.63) is 95.0 Å². The Hall–Kier alpha value is -3.96. The van der Waals surface area contributed by atoms with Gasteiger partial charge in [0.05, 0.1) is 23.4 Å². The number of rotatable bonds is 6. The maximum atomic E-state index is 12.9. The molecule has 1 amide bonds. The quantitative estimate of drug-likeness (QED) is 0.450. The number of pyridine rings is 1. The van der Waals surface area contributed by atoms with E-state index >= 15 is 0 Å². The highest BCUT2D eigenvalue weighted by molar-refractivity contribution is 7.14. The number of nitriles is 1. The van der Waals surface area contributed by atoms with E-state index in [2.05, 4.69) is 21.3 Å². The minimum Gasteiger partial charge on any atom is -0.363 e. The lowest BCUT2D eigenvalue weighted by Gasteiger charge is -2.25. The lowest BCUT2D eigenvalue weighted by Crippen LogP contribution is -2.23. The van der Waals surface area contributed by atoms with Crippen LogP contribution in [0, 0.1) is 11.3 Å². The summed E-state index contributed by atoms with van der Waals surface area (Å²) in [5.41, 5.74) is 4.37. The summed E-state index contributed by atoms with van der Waals surface area (Å²) in [6.07, 6.45) is 7.48. The van der Waals surface area contributed by atoms with Gasteiger partial charge in [0.2, 0.25) is 0 Å². The maximum absolute atomic E-state index is 12.9. The van der Waals surface area contributed by atoms with Crippen molar-refractivity contribution in [3.8, 4) is 6.07 Å². The number of hydrogen-bond donors (Lipinski definition) is 1. The fraction of sp³-hybridized carbons (Fsp3) is 0.200. The molecule has 1 aromatic carbocycles. The lowest BCUT2D eigenvalue weighted by molar-refractivity contribution is 0.101. The fourth-order valence-electron chi connectivity index (χ4n) is 4.21. The Morgan fingerprint density at radius 3 is 2.79 bits per heavy atom. The summed E-state index contributed by atoms with van der Waals surface area (Å²) in [4.78, 5) is 24.1. The monoisotopic (exact) mass is 454 g/mol. The first-order valence-electron chi connectivity index (χ1n) is 10.8. The predicted molar refractivity (Wildman–Crippen MR) is 128 cm³/mol. The Kier molecular flexibility index (Phi) is 5.87. The highest BCUT2D eigenvalue weighted by Crippen LogP contribution is 2.37. The summed E-state index contributed by atoms with van der Waals surface area (Å²) in [5.74, 6) is -0.176. The van der Waals surface area contributed by atoms with Crippen molar-refractivity contribution in [2.45, 2.75) is 25.4 Å². The van der Waals surface area contributed by atoms with Crippen molar-refractivity contribution in [1.29, 1.82) is 5.26 Å². The van der Waals surface area contributed by atoms with Crippen LogP contribution in [0.1, 0.15) is 46.2 Å². The van der Waals surface area contributed by atoms with E-state index in [1.54, 1.807) is 12.4 Å². The topological polar surface area (TPSA) is 86.8 Å². The second-order valence-corrected chi connectivity index (χ2v) is 8.78. The summed E-state index contributed by atoms with van der Waals surface area (Å²) in [7, 11) is 0. The largest absolute Gasteiger partial charge is 0.363 e. The molecular weight excluding hydrogens is 432 g/mol. The van der Waals surface area contributed by atoms with Crippen LogP contribution in [0.5, 0.6) is 0 Å². The molecule has 4 heterocycles. The third-order valence-corrected chi connectivity index (χ3v) is 6.61. The zero-order valence-corrected chi connectivity index (χ0v) is 18.7. The zero-order chi connectivity index (χ0) is 22.6. The van der Waals surface area contributed by atoms with Crippen LogP contribution >= 0.6 is 11.3 Å². The fourth-order valence-corrected chi connectivity index (χ4v) is 4.96. The lowest BCUT2D eigenvalue weighted by atomic mass is 10.1. The molecule has 33 heavy (non-hydrogen) atoms. The predicted octanol–water partition coefficient (Wildman–Crippen LogP) is 4.85. The Morgan fingerprint density at radius 1 is 1.18 bits per heavy atom. The minimum atomic E-state index is -0.176. The summed E-state index contributed by atoms with van der Waals surface area (Å²) in [6, 6.07) is 17.6. The number of carbonyl (C=O) groups excluding carboxylic acids is 1. The van der Waals surface area contributed by atoms with Gasteiger partial charge in [-0.15, -0.1) is 11.3 Å². The van der Waals surface area contributed by atoms with Crippen LogP contribution in [0.3, 0.4) is 0 Å². The third kappa shape index (κ3) is 4.49. The molecular formula is C25H22N6OS. The average Bonchev–Trinajstić information content (AvgIpc) is 3.60. The van der Waals surface area contributed by atoms with Gasteiger partial charge in [0.1, 0.15) is 5.69 Å². The van der Waals surface area contributed by atoms with E-state index < -0.39 is 0 Å². The van der Waals surface area contributed by atoms with E-state index in [-0.39, 0.29) is 11.9 Å². The SMILES string of the molecule is N#Cc1ccc(N2CCC[C@@H]2c2csc(NC(=O)c3cccn3Cc3ccncc3)n2)cc1. The van der Waals surface area contributed by atoms with Crippen LogP contribution in [-0.2, 0) is 6.54 Å². The molecule has 1 aliphatic rings. The van der Waals surface area contributed by atoms with Crippen molar-refractivity contribution < 1.29 is 4.79 Å². The maximum Gasteiger partial charge on any atom is 0.274 e. The van der Waals surface area contributed by atoms with Gasteiger partial charge in [-0.1, -0.05) is 0 Å². The molecule has 7 nitrogen and oxygen atoms in total. The summed E-state index contributed by atoms with van der Waals surface area (Å²) in [6.45, 7) is 1.54. The van der Waals surface area contributed by atoms with Crippen molar-refractivity contribution in [2.24, 2.45) is 0 Å². The zero-order valence-electron chi connectivity index (χ0n) is 17.9. The average molecular weight is 455 g/mol. The molecule has 1 saturated heterocycles. The van der Waals surface area contributed by atoms with Gasteiger partial charge in [-0.05, 0) is 66.9 Å². The molecule has 0 aliphatic carbocycles. The van der Waals surface area contributed by atoms with Gasteiger partial charge in [0.15, 0.2) is 5.13 Å². The Morgan fingerprint density at radius 2 is 2.00 bits per heavy atom. The Balaban J connectivity index is 1.29. The molecule has 0 unspecified atom stereocenters. The number of hydrogen-bond acceptors (Lipinski definition) is 6. The first-order valence-corrected chi connectivity index (χ1v) is 11.7. The smallest absolute Gasteiger partial charge is 0.274 e. The number of aromatic nitrogens is 3. The number of thiazole rings is 1. The number of anilines is 2. The van der Waals surface area contributed by atoms with Crippen molar-refractivity contribution in [2.75, 3.05) is 16.8 Å². The molecule has 1 fully saturated rings. The van der Waals surface area contributed by atoms with Crippen LogP contribution in [0.4, 0.5) is 10.8 Å². The van der Waals surface area contributed by atoms with E-state index in [1.165, 1.54) is 11.3 Å². The molecule has 0 saturated carbocycles. The Bertz CT molecular complexity index is 1290. The van der Waals surface area contributed by atoms with E-state index in [9.17, 15) is 4.79 Å². The number of amides is 1. The number of nitrogens with zero attached hydrogens (tertiary/aromatic N) is 5. The molecule has 1 aliphatic heterocycles. The van der Waals surface area contributed by atoms with Gasteiger partial charge in [-0.25, -0.2) is 4.98 Å². The van der Waals surface area contributed by atoms with E-state index in [0.29, 0.717) is 22.9 Å². The molecule has 0 radical (unpaired) electrons. The second-order valence-electron chi connectivity index (χ2n) is 7.92. The standard InChI is InChI=1S/C25H22N6OS/c26-15-18-5-7-20(8-6-18)31-14-2-3-22(31)21-17-33-25(28-21)29-24(32)23-4-1-13-30(23)16-19-9-11-27-12-10-19/h1,4-13,17,22H,2-3,14,16H2,(H,28,29,32)/t22-/m1/s1. The van der Waals surface area contributed by atoms with Crippen molar-refractivity contribution in [1.82, 2.24) is 14.5 Å². The highest BCUT2D eigenvalue weighted by Gasteiger charge is 2.28. The van der Waals surface area contributed by atoms with Gasteiger partial charge < -0.3 is 9.47 Å². The number of benzene rings is 1. The van der Waals surface area contributed by atoms with Crippen LogP contribution in [0.2, 0.25) is 0 Å². The van der Waals surface area contributed by atoms with Crippen LogP contribution < -0.4 is 10.2 Å². The highest BCUT2D eigenvalue weighted by atomic mass is 32.1. The van der Waals surface area contributed by atoms with Gasteiger partial charge in [-0.2, -0.15) is 5.26 Å². The Labute approximate surface area is 196 Å². The number of nitrogens with one attached hydrogen (secondary N) is 1. The second kappa shape index (κ2) is 9.27. The molecule has 1 N–H and O–H groups in total. The summed E-state index contributed by atoms with van der Waals surface area (Å²) < 4.78 is 1.92. The molecule has 3 aromatic heterocycles. The third-order valence-electron chi connectivity index (χ3n) is 5.83. The molecule has 4 aromatic rings. The van der Waals surface area contributed by atoms with E-state index in [1.807, 2.05) is 64.7 Å². The van der Waals surface area contributed by atoms with Crippen molar-refractivity contribution >= 4 is 28.1 Å². The van der Waals surface area contributed by atoms with Gasteiger partial charge in [0, 0.05) is 42.7 Å². The van der Waals surface area contributed by atoms with Gasteiger partial charge in [0.25, 0.3) is 5.91 Å². The van der Waals surface area contributed by atoms with Gasteiger partial charge >= 0.3 is 0 Å². The van der Waals surface area contributed by atoms with E-state index in [0.717, 1.165) is 36.3 Å². The van der Waals surface area contributed by atoms with Crippen molar-refractivity contribution in [3.63, 3.8) is 0 Å². The number of carbonyl (C=O) groups is 1. The molecule has 0 bridgehead atoms. The van der Waals surface area contributed by atoms with E-state index in [4.69, 9.17) is 10.2 Å². The van der Waals surface area contributed by atoms with Crippen LogP contribution in [0.15, 0.2) is 72.5 Å². The summed E-state index contributed by atoms with van der Waals surface area (Å²) in [5, 5.41) is 14.6. The first-order chi connectivity index (χ1) is 16.2. The molecule has 1 atom stereocenters. The van der Waals surface area contributed by atoms with Crippen LogP contribution in [0.25, 0.3) is 0 Å². The normalized spacial score (nSPS) is 15.4. The molecule has 164 valence electrons. The summed E-state index contributed by atoms with van der Waals surface area (Å²) >= 11 is 1.44. The molecule has 8 heteroatoms. The van der Waals surface area contributed by atoms with Gasteiger partial charge in [-0.3, -0.25) is 15.1 Å². The first kappa shape index (κ1) is 20.9. The molecule has 0 spiro atoms.